The van der Waals surface area contributed by atoms with Crippen LogP contribution < -0.4 is 10.2 Å². The van der Waals surface area contributed by atoms with Crippen LogP contribution in [-0.2, 0) is 12.7 Å². The van der Waals surface area contributed by atoms with Crippen molar-refractivity contribution in [2.24, 2.45) is 0 Å². The third-order valence-corrected chi connectivity index (χ3v) is 3.73. The van der Waals surface area contributed by atoms with Gasteiger partial charge in [-0.15, -0.1) is 0 Å². The molecule has 0 amide bonds. The molecule has 0 unspecified atom stereocenters. The van der Waals surface area contributed by atoms with E-state index in [9.17, 15) is 13.2 Å². The molecule has 9 heteroatoms. The zero-order chi connectivity index (χ0) is 18.2. The highest BCUT2D eigenvalue weighted by Crippen LogP contribution is 2.30. The number of nitrogens with zero attached hydrogens (tertiary/aromatic N) is 5. The predicted octanol–water partition coefficient (Wildman–Crippen LogP) is 3.00. The molecule has 1 aromatic carbocycles. The van der Waals surface area contributed by atoms with Gasteiger partial charge in [0.05, 0.1) is 12.9 Å². The number of nitrogens with one attached hydrogen (secondary N) is 1. The smallest absolute Gasteiger partial charge is 0.378 e. The quantitative estimate of drug-likeness (QED) is 0.784. The fraction of sp³-hybridized carbons (Fsp3) is 0.312. The average Bonchev–Trinajstić information content (AvgIpc) is 2.96. The van der Waals surface area contributed by atoms with Crippen LogP contribution in [0.2, 0.25) is 0 Å². The van der Waals surface area contributed by atoms with Crippen molar-refractivity contribution in [1.29, 1.82) is 0 Å². The molecule has 0 fully saturated rings. The molecule has 0 atom stereocenters. The molecule has 0 saturated heterocycles. The van der Waals surface area contributed by atoms with E-state index < -0.39 is 12.0 Å². The molecular formula is C16H17F3N6. The van der Waals surface area contributed by atoms with Crippen LogP contribution in [0.1, 0.15) is 11.4 Å². The number of aromatic nitrogens is 4. The van der Waals surface area contributed by atoms with Gasteiger partial charge in [0.15, 0.2) is 11.5 Å². The molecule has 1 N–H and O–H groups in total. The number of rotatable bonds is 4. The lowest BCUT2D eigenvalue weighted by Crippen LogP contribution is -2.14. The third-order valence-electron chi connectivity index (χ3n) is 3.73. The van der Waals surface area contributed by atoms with E-state index in [4.69, 9.17) is 0 Å². The minimum atomic E-state index is -4.63. The average molecular weight is 350 g/mol. The van der Waals surface area contributed by atoms with E-state index in [2.05, 4.69) is 20.3 Å². The summed E-state index contributed by atoms with van der Waals surface area (Å²) in [5.74, 6) is -1.13. The lowest BCUT2D eigenvalue weighted by atomic mass is 10.2. The number of benzene rings is 1. The minimum absolute atomic E-state index is 0.0538. The lowest BCUT2D eigenvalue weighted by Gasteiger charge is -2.14. The van der Waals surface area contributed by atoms with Crippen LogP contribution in [-0.4, -0.2) is 40.7 Å². The van der Waals surface area contributed by atoms with Gasteiger partial charge in [0.25, 0.3) is 0 Å². The first kappa shape index (κ1) is 17.0. The summed E-state index contributed by atoms with van der Waals surface area (Å²) < 4.78 is 40.7. The number of halogens is 3. The van der Waals surface area contributed by atoms with Gasteiger partial charge in [0.1, 0.15) is 5.52 Å². The predicted molar refractivity (Wildman–Crippen MR) is 89.7 cm³/mol. The molecule has 6 nitrogen and oxygen atoms in total. The van der Waals surface area contributed by atoms with E-state index in [1.54, 1.807) is 4.57 Å². The highest BCUT2D eigenvalue weighted by Gasteiger charge is 2.36. The Kier molecular flexibility index (Phi) is 4.23. The van der Waals surface area contributed by atoms with E-state index in [0.717, 1.165) is 11.3 Å². The van der Waals surface area contributed by atoms with Gasteiger partial charge in [-0.1, -0.05) is 12.1 Å². The maximum atomic E-state index is 13.1. The molecule has 132 valence electrons. The molecule has 0 bridgehead atoms. The fourth-order valence-electron chi connectivity index (χ4n) is 2.49. The summed E-state index contributed by atoms with van der Waals surface area (Å²) >= 11 is 0. The molecule has 2 aromatic heterocycles. The molecule has 0 aliphatic rings. The lowest BCUT2D eigenvalue weighted by molar-refractivity contribution is -0.144. The number of hydrogen-bond acceptors (Lipinski definition) is 5. The Labute approximate surface area is 142 Å². The van der Waals surface area contributed by atoms with Crippen molar-refractivity contribution >= 4 is 22.7 Å². The number of hydrogen-bond donors (Lipinski definition) is 1. The van der Waals surface area contributed by atoms with Gasteiger partial charge in [-0.2, -0.15) is 13.2 Å². The van der Waals surface area contributed by atoms with E-state index in [1.165, 1.54) is 13.4 Å². The van der Waals surface area contributed by atoms with Crippen LogP contribution in [0.3, 0.4) is 0 Å². The highest BCUT2D eigenvalue weighted by molar-refractivity contribution is 5.83. The summed E-state index contributed by atoms with van der Waals surface area (Å²) in [7, 11) is 5.35. The van der Waals surface area contributed by atoms with Crippen molar-refractivity contribution < 1.29 is 13.2 Å². The van der Waals surface area contributed by atoms with Crippen molar-refractivity contribution in [2.45, 2.75) is 12.7 Å². The second kappa shape index (κ2) is 6.23. The zero-order valence-corrected chi connectivity index (χ0v) is 14.0. The van der Waals surface area contributed by atoms with E-state index >= 15 is 0 Å². The minimum Gasteiger partial charge on any atom is -0.378 e. The third kappa shape index (κ3) is 3.35. The Morgan fingerprint density at radius 2 is 1.96 bits per heavy atom. The first-order valence-electron chi connectivity index (χ1n) is 7.53. The van der Waals surface area contributed by atoms with Gasteiger partial charge in [0, 0.05) is 26.8 Å². The van der Waals surface area contributed by atoms with Crippen LogP contribution in [0.25, 0.3) is 11.2 Å². The standard InChI is InChI=1S/C16H17F3N6/c1-20-13-12-14(23-15(22-13)16(17,18)19)25(9-21-12)8-10-5-4-6-11(7-10)24(2)3/h4-7,9H,8H2,1-3H3,(H,20,22,23). The molecule has 0 aliphatic heterocycles. The van der Waals surface area contributed by atoms with Gasteiger partial charge in [-0.3, -0.25) is 0 Å². The SMILES string of the molecule is CNc1nc(C(F)(F)F)nc2c1ncn2Cc1cccc(N(C)C)c1. The second-order valence-electron chi connectivity index (χ2n) is 5.75. The molecular weight excluding hydrogens is 333 g/mol. The Bertz CT molecular complexity index is 901. The monoisotopic (exact) mass is 350 g/mol. The Morgan fingerprint density at radius 1 is 1.20 bits per heavy atom. The van der Waals surface area contributed by atoms with E-state index in [-0.39, 0.29) is 11.5 Å². The van der Waals surface area contributed by atoms with Crippen molar-refractivity contribution in [1.82, 2.24) is 19.5 Å². The highest BCUT2D eigenvalue weighted by atomic mass is 19.4. The van der Waals surface area contributed by atoms with Crippen LogP contribution in [0.4, 0.5) is 24.7 Å². The number of imidazole rings is 1. The fourth-order valence-corrected chi connectivity index (χ4v) is 2.49. The van der Waals surface area contributed by atoms with Gasteiger partial charge in [0.2, 0.25) is 5.82 Å². The Morgan fingerprint density at radius 3 is 2.60 bits per heavy atom. The molecule has 25 heavy (non-hydrogen) atoms. The molecule has 2 heterocycles. The maximum Gasteiger partial charge on any atom is 0.451 e. The summed E-state index contributed by atoms with van der Waals surface area (Å²) in [4.78, 5) is 13.3. The summed E-state index contributed by atoms with van der Waals surface area (Å²) in [6.07, 6.45) is -3.15. The van der Waals surface area contributed by atoms with Gasteiger partial charge in [-0.25, -0.2) is 15.0 Å². The number of fused-ring (bicyclic) bond motifs is 1. The van der Waals surface area contributed by atoms with E-state index in [1.807, 2.05) is 43.3 Å². The molecule has 3 rings (SSSR count). The molecule has 0 aliphatic carbocycles. The maximum absolute atomic E-state index is 13.1. The van der Waals surface area contributed by atoms with Crippen LogP contribution in [0.5, 0.6) is 0 Å². The normalized spacial score (nSPS) is 11.8. The largest absolute Gasteiger partial charge is 0.451 e. The second-order valence-corrected chi connectivity index (χ2v) is 5.75. The zero-order valence-electron chi connectivity index (χ0n) is 14.0. The van der Waals surface area contributed by atoms with Crippen molar-refractivity contribution in [2.75, 3.05) is 31.4 Å². The summed E-state index contributed by atoms with van der Waals surface area (Å²) in [5.41, 5.74) is 2.38. The molecule has 0 radical (unpaired) electrons. The van der Waals surface area contributed by atoms with Crippen LogP contribution >= 0.6 is 0 Å². The van der Waals surface area contributed by atoms with Gasteiger partial charge >= 0.3 is 6.18 Å². The number of alkyl halides is 3. The van der Waals surface area contributed by atoms with Crippen LogP contribution in [0.15, 0.2) is 30.6 Å². The van der Waals surface area contributed by atoms with Gasteiger partial charge < -0.3 is 14.8 Å². The molecule has 0 spiro atoms. The topological polar surface area (TPSA) is 58.9 Å². The number of anilines is 2. The Hall–Kier alpha value is -2.84. The summed E-state index contributed by atoms with van der Waals surface area (Å²) in [5, 5.41) is 2.65. The first-order valence-corrected chi connectivity index (χ1v) is 7.53. The van der Waals surface area contributed by atoms with Crippen molar-refractivity contribution in [3.8, 4) is 0 Å². The Balaban J connectivity index is 2.06. The van der Waals surface area contributed by atoms with E-state index in [0.29, 0.717) is 12.1 Å². The summed E-state index contributed by atoms with van der Waals surface area (Å²) in [6, 6.07) is 7.73. The molecule has 0 saturated carbocycles. The van der Waals surface area contributed by atoms with Crippen molar-refractivity contribution in [3.63, 3.8) is 0 Å². The van der Waals surface area contributed by atoms with Gasteiger partial charge in [-0.05, 0) is 17.7 Å². The van der Waals surface area contributed by atoms with Crippen LogP contribution in [0, 0.1) is 0 Å². The summed E-state index contributed by atoms with van der Waals surface area (Å²) in [6.45, 7) is 0.357. The van der Waals surface area contributed by atoms with Crippen molar-refractivity contribution in [3.05, 3.63) is 42.0 Å². The first-order chi connectivity index (χ1) is 11.8. The molecule has 3 aromatic rings.